The topological polar surface area (TPSA) is 72.9 Å². The molecule has 2 atom stereocenters. The second-order valence-electron chi connectivity index (χ2n) is 4.41. The van der Waals surface area contributed by atoms with Gasteiger partial charge >= 0.3 is 0 Å². The van der Waals surface area contributed by atoms with Crippen LogP contribution in [0.4, 0.5) is 0 Å². The molecule has 1 aromatic heterocycles. The Balaban J connectivity index is 1.93. The van der Waals surface area contributed by atoms with E-state index in [1.807, 2.05) is 0 Å². The largest absolute Gasteiger partial charge is 0.351 e. The van der Waals surface area contributed by atoms with Crippen molar-refractivity contribution < 1.29 is 4.79 Å². The monoisotopic (exact) mass is 234 g/mol. The molecule has 1 aromatic rings. The molecule has 2 rings (SSSR count). The van der Waals surface area contributed by atoms with E-state index in [1.165, 1.54) is 0 Å². The standard InChI is InChI=1S/C12H18N4O/c1-16-8-9(7-14-16)11(13)12(17)15-10-5-3-2-4-6-10/h2-3,7-8,10-11H,4-6,13H2,1H3,(H,15,17). The van der Waals surface area contributed by atoms with Crippen LogP contribution in [0.15, 0.2) is 24.5 Å². The van der Waals surface area contributed by atoms with E-state index in [1.54, 1.807) is 24.1 Å². The van der Waals surface area contributed by atoms with E-state index in [-0.39, 0.29) is 11.9 Å². The maximum absolute atomic E-state index is 11.9. The first kappa shape index (κ1) is 11.9. The van der Waals surface area contributed by atoms with Crippen LogP contribution in [0.2, 0.25) is 0 Å². The van der Waals surface area contributed by atoms with Crippen LogP contribution in [0.25, 0.3) is 0 Å². The van der Waals surface area contributed by atoms with Crippen LogP contribution in [-0.4, -0.2) is 21.7 Å². The smallest absolute Gasteiger partial charge is 0.241 e. The van der Waals surface area contributed by atoms with E-state index in [0.29, 0.717) is 0 Å². The molecule has 1 amide bonds. The molecule has 1 aliphatic carbocycles. The molecule has 0 bridgehead atoms. The summed E-state index contributed by atoms with van der Waals surface area (Å²) in [4.78, 5) is 11.9. The summed E-state index contributed by atoms with van der Waals surface area (Å²) in [6.45, 7) is 0. The van der Waals surface area contributed by atoms with Crippen LogP contribution < -0.4 is 11.1 Å². The van der Waals surface area contributed by atoms with Gasteiger partial charge in [0.1, 0.15) is 6.04 Å². The van der Waals surface area contributed by atoms with Gasteiger partial charge in [0.2, 0.25) is 5.91 Å². The van der Waals surface area contributed by atoms with Gasteiger partial charge in [0.05, 0.1) is 6.20 Å². The van der Waals surface area contributed by atoms with Gasteiger partial charge in [-0.1, -0.05) is 12.2 Å². The van der Waals surface area contributed by atoms with Crippen molar-refractivity contribution in [2.24, 2.45) is 12.8 Å². The van der Waals surface area contributed by atoms with Gasteiger partial charge in [-0.05, 0) is 19.3 Å². The van der Waals surface area contributed by atoms with E-state index in [4.69, 9.17) is 5.73 Å². The van der Waals surface area contributed by atoms with Crippen LogP contribution in [0.1, 0.15) is 30.9 Å². The van der Waals surface area contributed by atoms with E-state index in [2.05, 4.69) is 22.6 Å². The second-order valence-corrected chi connectivity index (χ2v) is 4.41. The van der Waals surface area contributed by atoms with Gasteiger partial charge in [-0.25, -0.2) is 0 Å². The van der Waals surface area contributed by atoms with Gasteiger partial charge < -0.3 is 11.1 Å². The van der Waals surface area contributed by atoms with Crippen molar-refractivity contribution in [2.75, 3.05) is 0 Å². The molecule has 0 aromatic carbocycles. The molecule has 5 nitrogen and oxygen atoms in total. The number of aromatic nitrogens is 2. The van der Waals surface area contributed by atoms with Gasteiger partial charge in [0.25, 0.3) is 0 Å². The van der Waals surface area contributed by atoms with Crippen molar-refractivity contribution in [2.45, 2.75) is 31.3 Å². The number of amides is 1. The Labute approximate surface area is 101 Å². The summed E-state index contributed by atoms with van der Waals surface area (Å²) in [6, 6.07) is -0.412. The Morgan fingerprint density at radius 3 is 3.06 bits per heavy atom. The lowest BCUT2D eigenvalue weighted by Crippen LogP contribution is -2.41. The van der Waals surface area contributed by atoms with Crippen LogP contribution in [0.5, 0.6) is 0 Å². The number of nitrogens with one attached hydrogen (secondary N) is 1. The zero-order chi connectivity index (χ0) is 12.3. The van der Waals surface area contributed by atoms with Crippen LogP contribution >= 0.6 is 0 Å². The molecule has 0 radical (unpaired) electrons. The van der Waals surface area contributed by atoms with E-state index in [0.717, 1.165) is 24.8 Å². The first-order chi connectivity index (χ1) is 8.16. The van der Waals surface area contributed by atoms with Crippen LogP contribution in [-0.2, 0) is 11.8 Å². The Morgan fingerprint density at radius 2 is 2.47 bits per heavy atom. The molecule has 1 heterocycles. The molecule has 0 saturated heterocycles. The lowest BCUT2D eigenvalue weighted by atomic mass is 10.0. The number of aryl methyl sites for hydroxylation is 1. The lowest BCUT2D eigenvalue weighted by Gasteiger charge is -2.21. The molecular formula is C12H18N4O. The van der Waals surface area contributed by atoms with Crippen LogP contribution in [0, 0.1) is 0 Å². The van der Waals surface area contributed by atoms with Crippen molar-refractivity contribution in [1.82, 2.24) is 15.1 Å². The highest BCUT2D eigenvalue weighted by Gasteiger charge is 2.20. The number of rotatable bonds is 3. The van der Waals surface area contributed by atoms with E-state index >= 15 is 0 Å². The molecule has 0 spiro atoms. The Hall–Kier alpha value is -1.62. The average Bonchev–Trinajstić information content (AvgIpc) is 2.76. The molecule has 0 saturated carbocycles. The zero-order valence-electron chi connectivity index (χ0n) is 9.97. The maximum atomic E-state index is 11.9. The minimum atomic E-state index is -0.630. The van der Waals surface area contributed by atoms with Crippen molar-refractivity contribution in [3.63, 3.8) is 0 Å². The quantitative estimate of drug-likeness (QED) is 0.754. The Kier molecular flexibility index (Phi) is 3.58. The summed E-state index contributed by atoms with van der Waals surface area (Å²) in [7, 11) is 1.81. The summed E-state index contributed by atoms with van der Waals surface area (Å²) >= 11 is 0. The van der Waals surface area contributed by atoms with Crippen molar-refractivity contribution in [3.05, 3.63) is 30.1 Å². The fraction of sp³-hybridized carbons (Fsp3) is 0.500. The lowest BCUT2D eigenvalue weighted by molar-refractivity contribution is -0.123. The molecule has 0 aliphatic heterocycles. The highest BCUT2D eigenvalue weighted by atomic mass is 16.2. The zero-order valence-corrected chi connectivity index (χ0v) is 9.97. The number of carbonyl (C=O) groups excluding carboxylic acids is 1. The summed E-state index contributed by atoms with van der Waals surface area (Å²) < 4.78 is 1.64. The highest BCUT2D eigenvalue weighted by Crippen LogP contribution is 2.13. The maximum Gasteiger partial charge on any atom is 0.241 e. The highest BCUT2D eigenvalue weighted by molar-refractivity contribution is 5.83. The summed E-state index contributed by atoms with van der Waals surface area (Å²) in [5.74, 6) is -0.127. The molecule has 0 fully saturated rings. The summed E-state index contributed by atoms with van der Waals surface area (Å²) in [5.41, 5.74) is 6.63. The summed E-state index contributed by atoms with van der Waals surface area (Å²) in [5, 5.41) is 6.99. The number of nitrogens with two attached hydrogens (primary N) is 1. The minimum absolute atomic E-state index is 0.127. The van der Waals surface area contributed by atoms with Gasteiger partial charge in [-0.15, -0.1) is 0 Å². The second kappa shape index (κ2) is 5.14. The molecule has 3 N–H and O–H groups in total. The fourth-order valence-electron chi connectivity index (χ4n) is 1.97. The molecule has 92 valence electrons. The third-order valence-corrected chi connectivity index (χ3v) is 2.98. The summed E-state index contributed by atoms with van der Waals surface area (Å²) in [6.07, 6.45) is 10.5. The first-order valence-corrected chi connectivity index (χ1v) is 5.86. The number of nitrogens with zero attached hydrogens (tertiary/aromatic N) is 2. The molecule has 1 aliphatic rings. The Bertz CT molecular complexity index is 424. The predicted molar refractivity (Wildman–Crippen MR) is 65.1 cm³/mol. The van der Waals surface area contributed by atoms with Gasteiger partial charge in [0.15, 0.2) is 0 Å². The third-order valence-electron chi connectivity index (χ3n) is 2.98. The Morgan fingerprint density at radius 1 is 1.65 bits per heavy atom. The number of allylic oxidation sites excluding steroid dienone is 1. The van der Waals surface area contributed by atoms with E-state index < -0.39 is 6.04 Å². The van der Waals surface area contributed by atoms with Gasteiger partial charge in [-0.2, -0.15) is 5.10 Å². The number of hydrogen-bond donors (Lipinski definition) is 2. The van der Waals surface area contributed by atoms with Gasteiger partial charge in [0, 0.05) is 24.8 Å². The van der Waals surface area contributed by atoms with Crippen molar-refractivity contribution >= 4 is 5.91 Å². The SMILES string of the molecule is Cn1cc(C(N)C(=O)NC2CC=CCC2)cn1. The first-order valence-electron chi connectivity index (χ1n) is 5.86. The van der Waals surface area contributed by atoms with Crippen LogP contribution in [0.3, 0.4) is 0 Å². The predicted octanol–water partition coefficient (Wildman–Crippen LogP) is 0.645. The van der Waals surface area contributed by atoms with Crippen molar-refractivity contribution in [3.8, 4) is 0 Å². The average molecular weight is 234 g/mol. The normalized spacial score (nSPS) is 21.2. The van der Waals surface area contributed by atoms with E-state index in [9.17, 15) is 4.79 Å². The molecule has 5 heteroatoms. The number of carbonyl (C=O) groups is 1. The van der Waals surface area contributed by atoms with Gasteiger partial charge in [-0.3, -0.25) is 9.48 Å². The molecule has 2 unspecified atom stereocenters. The third kappa shape index (κ3) is 2.94. The fourth-order valence-corrected chi connectivity index (χ4v) is 1.97. The molecule has 17 heavy (non-hydrogen) atoms. The number of hydrogen-bond acceptors (Lipinski definition) is 3. The molecular weight excluding hydrogens is 216 g/mol. The minimum Gasteiger partial charge on any atom is -0.351 e. The van der Waals surface area contributed by atoms with Crippen molar-refractivity contribution in [1.29, 1.82) is 0 Å².